The van der Waals surface area contributed by atoms with E-state index >= 15 is 0 Å². The molecule has 1 rings (SSSR count). The van der Waals surface area contributed by atoms with Crippen LogP contribution >= 0.6 is 11.6 Å². The summed E-state index contributed by atoms with van der Waals surface area (Å²) in [5.74, 6) is 0.687. The molecule has 0 N–H and O–H groups in total. The number of ether oxygens (including phenoxy) is 2. The minimum atomic E-state index is -0.486. The average molecular weight is 329 g/mol. The molecule has 0 saturated heterocycles. The Labute approximate surface area is 137 Å². The molecule has 124 valence electrons. The van der Waals surface area contributed by atoms with E-state index in [1.54, 1.807) is 30.3 Å². The molecule has 6 heteroatoms. The standard InChI is InChI=1S/C16H25ClN2O3/c1-6-12(21-13-7-9-18-14(17)11-13)8-10-19(5)15(20)22-16(2,3)4/h7,9,11-12H,6,8,10H2,1-5H3. The van der Waals surface area contributed by atoms with Crippen LogP contribution in [-0.2, 0) is 4.74 Å². The predicted molar refractivity (Wildman–Crippen MR) is 87.4 cm³/mol. The first-order chi connectivity index (χ1) is 10.2. The van der Waals surface area contributed by atoms with Gasteiger partial charge in [0.25, 0.3) is 0 Å². The molecular formula is C16H25ClN2O3. The first-order valence-corrected chi connectivity index (χ1v) is 7.81. The molecule has 1 unspecified atom stereocenters. The van der Waals surface area contributed by atoms with Crippen molar-refractivity contribution in [2.24, 2.45) is 0 Å². The molecule has 0 fully saturated rings. The Morgan fingerprint density at radius 2 is 2.14 bits per heavy atom. The molecule has 0 aliphatic heterocycles. The van der Waals surface area contributed by atoms with Gasteiger partial charge in [-0.3, -0.25) is 0 Å². The molecule has 1 atom stereocenters. The van der Waals surface area contributed by atoms with Gasteiger partial charge >= 0.3 is 6.09 Å². The molecule has 0 aromatic carbocycles. The predicted octanol–water partition coefficient (Wildman–Crippen LogP) is 4.15. The monoisotopic (exact) mass is 328 g/mol. The Bertz CT molecular complexity index is 489. The van der Waals surface area contributed by atoms with E-state index in [1.807, 2.05) is 27.7 Å². The van der Waals surface area contributed by atoms with Gasteiger partial charge in [0, 0.05) is 32.3 Å². The van der Waals surface area contributed by atoms with Gasteiger partial charge in [0.05, 0.1) is 0 Å². The van der Waals surface area contributed by atoms with Crippen molar-refractivity contribution < 1.29 is 14.3 Å². The third-order valence-corrected chi connectivity index (χ3v) is 3.15. The fourth-order valence-electron chi connectivity index (χ4n) is 1.77. The van der Waals surface area contributed by atoms with Gasteiger partial charge in [-0.05, 0) is 33.3 Å². The van der Waals surface area contributed by atoms with Gasteiger partial charge in [0.1, 0.15) is 22.6 Å². The Morgan fingerprint density at radius 3 is 2.68 bits per heavy atom. The van der Waals surface area contributed by atoms with Crippen molar-refractivity contribution in [2.45, 2.75) is 52.2 Å². The smallest absolute Gasteiger partial charge is 0.410 e. The number of nitrogens with zero attached hydrogens (tertiary/aromatic N) is 2. The zero-order valence-corrected chi connectivity index (χ0v) is 14.7. The molecule has 0 radical (unpaired) electrons. The van der Waals surface area contributed by atoms with Crippen LogP contribution in [0.15, 0.2) is 18.3 Å². The number of halogens is 1. The largest absolute Gasteiger partial charge is 0.490 e. The Kier molecular flexibility index (Phi) is 6.94. The molecule has 0 spiro atoms. The summed E-state index contributed by atoms with van der Waals surface area (Å²) in [4.78, 5) is 17.4. The highest BCUT2D eigenvalue weighted by atomic mass is 35.5. The lowest BCUT2D eigenvalue weighted by molar-refractivity contribution is 0.0278. The van der Waals surface area contributed by atoms with Gasteiger partial charge in [0.2, 0.25) is 0 Å². The Morgan fingerprint density at radius 1 is 1.45 bits per heavy atom. The van der Waals surface area contributed by atoms with Crippen LogP contribution in [0.2, 0.25) is 5.15 Å². The number of hydrogen-bond donors (Lipinski definition) is 0. The SMILES string of the molecule is CCC(CCN(C)C(=O)OC(C)(C)C)Oc1ccnc(Cl)c1. The van der Waals surface area contributed by atoms with Crippen molar-refractivity contribution in [1.29, 1.82) is 0 Å². The second-order valence-electron chi connectivity index (χ2n) is 6.15. The van der Waals surface area contributed by atoms with Crippen molar-refractivity contribution in [3.05, 3.63) is 23.5 Å². The number of rotatable bonds is 6. The number of carbonyl (C=O) groups is 1. The summed E-state index contributed by atoms with van der Waals surface area (Å²) in [6.07, 6.45) is 2.84. The summed E-state index contributed by atoms with van der Waals surface area (Å²) in [5, 5.41) is 0.401. The van der Waals surface area contributed by atoms with Crippen molar-refractivity contribution in [3.63, 3.8) is 0 Å². The number of carbonyl (C=O) groups excluding carboxylic acids is 1. The van der Waals surface area contributed by atoms with Gasteiger partial charge in [0.15, 0.2) is 0 Å². The maximum Gasteiger partial charge on any atom is 0.410 e. The van der Waals surface area contributed by atoms with E-state index < -0.39 is 5.60 Å². The van der Waals surface area contributed by atoms with E-state index in [-0.39, 0.29) is 12.2 Å². The third kappa shape index (κ3) is 6.98. The first kappa shape index (κ1) is 18.6. The third-order valence-electron chi connectivity index (χ3n) is 2.95. The zero-order chi connectivity index (χ0) is 16.8. The summed E-state index contributed by atoms with van der Waals surface area (Å²) < 4.78 is 11.2. The van der Waals surface area contributed by atoms with Crippen molar-refractivity contribution in [2.75, 3.05) is 13.6 Å². The fourth-order valence-corrected chi connectivity index (χ4v) is 1.93. The van der Waals surface area contributed by atoms with Crippen LogP contribution in [0.5, 0.6) is 5.75 Å². The summed E-state index contributed by atoms with van der Waals surface area (Å²) in [7, 11) is 1.73. The van der Waals surface area contributed by atoms with Crippen LogP contribution < -0.4 is 4.74 Å². The molecule has 1 heterocycles. The van der Waals surface area contributed by atoms with Crippen molar-refractivity contribution >= 4 is 17.7 Å². The highest BCUT2D eigenvalue weighted by molar-refractivity contribution is 6.29. The topological polar surface area (TPSA) is 51.7 Å². The summed E-state index contributed by atoms with van der Waals surface area (Å²) in [6.45, 7) is 8.16. The fraction of sp³-hybridized carbons (Fsp3) is 0.625. The average Bonchev–Trinajstić information content (AvgIpc) is 2.41. The lowest BCUT2D eigenvalue weighted by Crippen LogP contribution is -2.36. The normalized spacial score (nSPS) is 12.6. The van der Waals surface area contributed by atoms with Crippen molar-refractivity contribution in [3.8, 4) is 5.75 Å². The van der Waals surface area contributed by atoms with Crippen LogP contribution in [0, 0.1) is 0 Å². The maximum atomic E-state index is 11.9. The second kappa shape index (κ2) is 8.22. The lowest BCUT2D eigenvalue weighted by Gasteiger charge is -2.26. The second-order valence-corrected chi connectivity index (χ2v) is 6.54. The van der Waals surface area contributed by atoms with E-state index in [0.29, 0.717) is 23.9 Å². The molecule has 0 aliphatic rings. The molecule has 22 heavy (non-hydrogen) atoms. The van der Waals surface area contributed by atoms with Crippen LogP contribution in [0.25, 0.3) is 0 Å². The minimum Gasteiger partial charge on any atom is -0.490 e. The van der Waals surface area contributed by atoms with Gasteiger partial charge in [-0.1, -0.05) is 18.5 Å². The van der Waals surface area contributed by atoms with Gasteiger partial charge in [-0.15, -0.1) is 0 Å². The summed E-state index contributed by atoms with van der Waals surface area (Å²) >= 11 is 5.84. The molecular weight excluding hydrogens is 304 g/mol. The van der Waals surface area contributed by atoms with Crippen LogP contribution in [0.1, 0.15) is 40.5 Å². The number of pyridine rings is 1. The van der Waals surface area contributed by atoms with Crippen LogP contribution in [0.3, 0.4) is 0 Å². The Hall–Kier alpha value is -1.49. The van der Waals surface area contributed by atoms with Crippen molar-refractivity contribution in [1.82, 2.24) is 9.88 Å². The highest BCUT2D eigenvalue weighted by Gasteiger charge is 2.20. The van der Waals surface area contributed by atoms with Crippen LogP contribution in [-0.4, -0.2) is 41.3 Å². The van der Waals surface area contributed by atoms with E-state index in [1.165, 1.54) is 0 Å². The number of amides is 1. The van der Waals surface area contributed by atoms with E-state index in [2.05, 4.69) is 4.98 Å². The minimum absolute atomic E-state index is 0.00311. The quantitative estimate of drug-likeness (QED) is 0.736. The zero-order valence-electron chi connectivity index (χ0n) is 13.9. The van der Waals surface area contributed by atoms with E-state index in [0.717, 1.165) is 6.42 Å². The number of aromatic nitrogens is 1. The maximum absolute atomic E-state index is 11.9. The first-order valence-electron chi connectivity index (χ1n) is 7.43. The Balaban J connectivity index is 2.48. The van der Waals surface area contributed by atoms with Gasteiger partial charge < -0.3 is 14.4 Å². The molecule has 0 saturated carbocycles. The molecule has 5 nitrogen and oxygen atoms in total. The van der Waals surface area contributed by atoms with E-state index in [9.17, 15) is 4.79 Å². The van der Waals surface area contributed by atoms with Crippen LogP contribution in [0.4, 0.5) is 4.79 Å². The molecule has 0 aliphatic carbocycles. The summed E-state index contributed by atoms with van der Waals surface area (Å²) in [6, 6.07) is 3.45. The lowest BCUT2D eigenvalue weighted by atomic mass is 10.2. The summed E-state index contributed by atoms with van der Waals surface area (Å²) in [5.41, 5.74) is -0.486. The molecule has 1 amide bonds. The molecule has 0 bridgehead atoms. The highest BCUT2D eigenvalue weighted by Crippen LogP contribution is 2.18. The van der Waals surface area contributed by atoms with Gasteiger partial charge in [-0.2, -0.15) is 0 Å². The number of hydrogen-bond acceptors (Lipinski definition) is 4. The van der Waals surface area contributed by atoms with Gasteiger partial charge in [-0.25, -0.2) is 9.78 Å². The molecule has 1 aromatic rings. The van der Waals surface area contributed by atoms with E-state index in [4.69, 9.17) is 21.1 Å². The molecule has 1 aromatic heterocycles.